The van der Waals surface area contributed by atoms with Gasteiger partial charge in [-0.05, 0) is 17.9 Å². The highest BCUT2D eigenvalue weighted by Gasteiger charge is 2.34. The summed E-state index contributed by atoms with van der Waals surface area (Å²) in [5, 5.41) is 0.858. The molecule has 1 atom stereocenters. The summed E-state index contributed by atoms with van der Waals surface area (Å²) in [4.78, 5) is 0. The summed E-state index contributed by atoms with van der Waals surface area (Å²) in [6, 6.07) is 8.39. The van der Waals surface area contributed by atoms with Crippen LogP contribution in [0.5, 0.6) is 0 Å². The van der Waals surface area contributed by atoms with Crippen LogP contribution in [-0.2, 0) is 10.3 Å². The zero-order chi connectivity index (χ0) is 8.60. The largest absolute Gasteiger partial charge is 0.425 e. The highest BCUT2D eigenvalue weighted by atomic mass is 79.9. The third-order valence-corrected chi connectivity index (χ3v) is 3.46. The second-order valence-corrected chi connectivity index (χ2v) is 3.87. The first-order chi connectivity index (χ1) is 5.76. The SMILES string of the molecule is CC1(CBr)OBc2ccccc21. The first kappa shape index (κ1) is 8.33. The minimum atomic E-state index is -0.114. The van der Waals surface area contributed by atoms with Crippen LogP contribution in [0, 0.1) is 0 Å². The van der Waals surface area contributed by atoms with E-state index < -0.39 is 0 Å². The van der Waals surface area contributed by atoms with Crippen LogP contribution in [0.25, 0.3) is 0 Å². The van der Waals surface area contributed by atoms with E-state index in [-0.39, 0.29) is 5.60 Å². The van der Waals surface area contributed by atoms with Crippen molar-refractivity contribution in [3.63, 3.8) is 0 Å². The molecule has 0 saturated heterocycles. The Bertz CT molecular complexity index is 302. The van der Waals surface area contributed by atoms with Crippen molar-refractivity contribution in [2.75, 3.05) is 5.33 Å². The molecule has 0 radical (unpaired) electrons. The highest BCUT2D eigenvalue weighted by molar-refractivity contribution is 9.09. The monoisotopic (exact) mass is 224 g/mol. The fourth-order valence-electron chi connectivity index (χ4n) is 1.59. The molecule has 0 saturated carbocycles. The van der Waals surface area contributed by atoms with Crippen molar-refractivity contribution in [1.29, 1.82) is 0 Å². The summed E-state index contributed by atoms with van der Waals surface area (Å²) in [6.07, 6.45) is 0. The van der Waals surface area contributed by atoms with Gasteiger partial charge in [0.2, 0.25) is 0 Å². The van der Waals surface area contributed by atoms with E-state index in [1.165, 1.54) is 11.0 Å². The molecule has 0 amide bonds. The molecule has 1 unspecified atom stereocenters. The number of alkyl halides is 1. The molecule has 1 aromatic carbocycles. The molecule has 0 bridgehead atoms. The van der Waals surface area contributed by atoms with Gasteiger partial charge in [0, 0.05) is 5.33 Å². The molecule has 3 heteroatoms. The summed E-state index contributed by atoms with van der Waals surface area (Å²) in [5.41, 5.74) is 2.53. The van der Waals surface area contributed by atoms with Gasteiger partial charge in [-0.2, -0.15) is 0 Å². The molecule has 1 aliphatic rings. The zero-order valence-electron chi connectivity index (χ0n) is 7.01. The van der Waals surface area contributed by atoms with E-state index in [9.17, 15) is 0 Å². The average Bonchev–Trinajstić information content (AvgIpc) is 2.46. The third kappa shape index (κ3) is 1.12. The first-order valence-corrected chi connectivity index (χ1v) is 5.17. The van der Waals surface area contributed by atoms with E-state index in [0.29, 0.717) is 0 Å². The number of benzene rings is 1. The van der Waals surface area contributed by atoms with Crippen LogP contribution in [-0.4, -0.2) is 12.8 Å². The number of rotatable bonds is 1. The lowest BCUT2D eigenvalue weighted by Gasteiger charge is -2.22. The number of hydrogen-bond acceptors (Lipinski definition) is 1. The smallest absolute Gasteiger partial charge is 0.310 e. The molecule has 0 fully saturated rings. The van der Waals surface area contributed by atoms with Gasteiger partial charge in [0.1, 0.15) is 0 Å². The number of fused-ring (bicyclic) bond motifs is 1. The predicted octanol–water partition coefficient (Wildman–Crippen LogP) is 1.30. The van der Waals surface area contributed by atoms with Crippen LogP contribution in [0.4, 0.5) is 0 Å². The summed E-state index contributed by atoms with van der Waals surface area (Å²) >= 11 is 3.48. The Kier molecular flexibility index (Phi) is 2.01. The molecule has 12 heavy (non-hydrogen) atoms. The Morgan fingerprint density at radius 1 is 1.50 bits per heavy atom. The second kappa shape index (κ2) is 2.89. The van der Waals surface area contributed by atoms with Gasteiger partial charge in [-0.25, -0.2) is 0 Å². The normalized spacial score (nSPS) is 26.5. The minimum Gasteiger partial charge on any atom is -0.425 e. The summed E-state index contributed by atoms with van der Waals surface area (Å²) in [7, 11) is 0.748. The van der Waals surface area contributed by atoms with E-state index >= 15 is 0 Å². The van der Waals surface area contributed by atoms with Gasteiger partial charge in [-0.3, -0.25) is 0 Å². The van der Waals surface area contributed by atoms with E-state index in [1.807, 2.05) is 0 Å². The summed E-state index contributed by atoms with van der Waals surface area (Å²) < 4.78 is 5.71. The van der Waals surface area contributed by atoms with Gasteiger partial charge in [0.05, 0.1) is 5.60 Å². The molecule has 0 aliphatic carbocycles. The van der Waals surface area contributed by atoms with Crippen molar-refractivity contribution in [3.05, 3.63) is 29.8 Å². The maximum atomic E-state index is 5.71. The van der Waals surface area contributed by atoms with E-state index in [4.69, 9.17) is 4.65 Å². The van der Waals surface area contributed by atoms with Crippen LogP contribution in [0.2, 0.25) is 0 Å². The van der Waals surface area contributed by atoms with Crippen molar-refractivity contribution in [2.24, 2.45) is 0 Å². The molecule has 0 aromatic heterocycles. The Morgan fingerprint density at radius 3 is 3.00 bits per heavy atom. The maximum Gasteiger partial charge on any atom is 0.310 e. The molecule has 1 aliphatic heterocycles. The Morgan fingerprint density at radius 2 is 2.25 bits per heavy atom. The average molecular weight is 225 g/mol. The highest BCUT2D eigenvalue weighted by Crippen LogP contribution is 2.29. The van der Waals surface area contributed by atoms with Crippen LogP contribution in [0.3, 0.4) is 0 Å². The van der Waals surface area contributed by atoms with Crippen LogP contribution < -0.4 is 5.46 Å². The first-order valence-electron chi connectivity index (χ1n) is 4.04. The van der Waals surface area contributed by atoms with Crippen molar-refractivity contribution < 1.29 is 4.65 Å². The number of halogens is 1. The minimum absolute atomic E-state index is 0.114. The lowest BCUT2D eigenvalue weighted by molar-refractivity contribution is 0.138. The fraction of sp³-hybridized carbons (Fsp3) is 0.333. The molecule has 2 rings (SSSR count). The molecule has 1 aromatic rings. The van der Waals surface area contributed by atoms with Crippen molar-refractivity contribution >= 4 is 28.9 Å². The molecular weight excluding hydrogens is 215 g/mol. The summed E-state index contributed by atoms with van der Waals surface area (Å²) in [5.74, 6) is 0. The van der Waals surface area contributed by atoms with Gasteiger partial charge in [0.15, 0.2) is 0 Å². The standard InChI is InChI=1S/C9H10BBrO/c1-9(6-11)7-4-2-3-5-8(7)10-12-9/h2-5,10H,6H2,1H3. The topological polar surface area (TPSA) is 9.23 Å². The molecule has 0 spiro atoms. The van der Waals surface area contributed by atoms with Crippen LogP contribution in [0.15, 0.2) is 24.3 Å². The molecule has 1 heterocycles. The van der Waals surface area contributed by atoms with Crippen LogP contribution in [0.1, 0.15) is 12.5 Å². The third-order valence-electron chi connectivity index (χ3n) is 2.39. The van der Waals surface area contributed by atoms with E-state index in [2.05, 4.69) is 47.1 Å². The Balaban J connectivity index is 2.49. The maximum absolute atomic E-state index is 5.71. The van der Waals surface area contributed by atoms with Gasteiger partial charge >= 0.3 is 7.48 Å². The van der Waals surface area contributed by atoms with Crippen LogP contribution >= 0.6 is 15.9 Å². The number of hydrogen-bond donors (Lipinski definition) is 0. The van der Waals surface area contributed by atoms with Gasteiger partial charge in [-0.1, -0.05) is 40.2 Å². The van der Waals surface area contributed by atoms with Crippen molar-refractivity contribution in [1.82, 2.24) is 0 Å². The Hall–Kier alpha value is -0.275. The van der Waals surface area contributed by atoms with Crippen molar-refractivity contribution in [3.8, 4) is 0 Å². The van der Waals surface area contributed by atoms with Gasteiger partial charge in [-0.15, -0.1) is 0 Å². The molecular formula is C9H10BBrO. The van der Waals surface area contributed by atoms with Gasteiger partial charge < -0.3 is 4.65 Å². The van der Waals surface area contributed by atoms with E-state index in [1.54, 1.807) is 0 Å². The van der Waals surface area contributed by atoms with Crippen molar-refractivity contribution in [2.45, 2.75) is 12.5 Å². The lowest BCUT2D eigenvalue weighted by Crippen LogP contribution is -2.23. The molecule has 0 N–H and O–H groups in total. The van der Waals surface area contributed by atoms with Gasteiger partial charge in [0.25, 0.3) is 0 Å². The molecule has 62 valence electrons. The zero-order valence-corrected chi connectivity index (χ0v) is 8.60. The molecule has 1 nitrogen and oxygen atoms in total. The quantitative estimate of drug-likeness (QED) is 0.517. The fourth-order valence-corrected chi connectivity index (χ4v) is 2.05. The predicted molar refractivity (Wildman–Crippen MR) is 55.5 cm³/mol. The lowest BCUT2D eigenvalue weighted by atomic mass is 9.85. The summed E-state index contributed by atoms with van der Waals surface area (Å²) in [6.45, 7) is 2.12. The second-order valence-electron chi connectivity index (χ2n) is 3.31. The Labute approximate surface area is 81.5 Å². The van der Waals surface area contributed by atoms with E-state index in [0.717, 1.165) is 12.8 Å².